The molecule has 0 fully saturated rings. The zero-order valence-corrected chi connectivity index (χ0v) is 14.4. The highest BCUT2D eigenvalue weighted by Crippen LogP contribution is 2.27. The first-order chi connectivity index (χ1) is 12.9. The molecule has 1 aromatic heterocycles. The van der Waals surface area contributed by atoms with Gasteiger partial charge in [0.05, 0.1) is 10.4 Å². The minimum absolute atomic E-state index is 0.0484. The number of nitro benzene ring substituents is 1. The molecule has 10 nitrogen and oxygen atoms in total. The van der Waals surface area contributed by atoms with Crippen molar-refractivity contribution in [2.24, 2.45) is 0 Å². The Balaban J connectivity index is 1.58. The summed E-state index contributed by atoms with van der Waals surface area (Å²) in [5, 5.41) is 21.2. The molecule has 0 saturated carbocycles. The zero-order chi connectivity index (χ0) is 19.4. The van der Waals surface area contributed by atoms with Crippen molar-refractivity contribution >= 4 is 45.9 Å². The molecule has 0 bridgehead atoms. The Labute approximate surface area is 156 Å². The van der Waals surface area contributed by atoms with Crippen molar-refractivity contribution in [1.82, 2.24) is 15.0 Å². The standard InChI is InChI=1S/C16H12ClN5O5/c17-10-5-6-11(14(7-10)22(25)26)18-15(23)9-27-16(24)8-21-13-4-2-1-3-12(13)19-20-21/h1-7H,8-9H2,(H,18,23). The number of benzene rings is 2. The van der Waals surface area contributed by atoms with Crippen LogP contribution in [0.25, 0.3) is 11.0 Å². The van der Waals surface area contributed by atoms with E-state index in [1.165, 1.54) is 16.8 Å². The molecule has 1 heterocycles. The molecule has 0 saturated heterocycles. The van der Waals surface area contributed by atoms with Gasteiger partial charge in [-0.3, -0.25) is 19.7 Å². The van der Waals surface area contributed by atoms with Crippen LogP contribution in [-0.4, -0.2) is 38.4 Å². The van der Waals surface area contributed by atoms with Gasteiger partial charge in [0.25, 0.3) is 11.6 Å². The van der Waals surface area contributed by atoms with Crippen LogP contribution in [-0.2, 0) is 20.9 Å². The number of esters is 1. The van der Waals surface area contributed by atoms with Gasteiger partial charge in [-0.05, 0) is 24.3 Å². The maximum Gasteiger partial charge on any atom is 0.328 e. The summed E-state index contributed by atoms with van der Waals surface area (Å²) in [5.41, 5.74) is 0.859. The van der Waals surface area contributed by atoms with Crippen molar-refractivity contribution in [3.05, 3.63) is 57.6 Å². The average molecular weight is 390 g/mol. The molecule has 0 aliphatic rings. The molecule has 3 rings (SSSR count). The van der Waals surface area contributed by atoms with Gasteiger partial charge in [-0.2, -0.15) is 0 Å². The van der Waals surface area contributed by atoms with Gasteiger partial charge >= 0.3 is 5.97 Å². The summed E-state index contributed by atoms with van der Waals surface area (Å²) in [6.45, 7) is -0.833. The number of rotatable bonds is 6. The number of nitro groups is 1. The second-order valence-electron chi connectivity index (χ2n) is 5.36. The maximum atomic E-state index is 11.9. The van der Waals surface area contributed by atoms with Gasteiger partial charge in [0.1, 0.15) is 17.7 Å². The van der Waals surface area contributed by atoms with Crippen molar-refractivity contribution in [3.63, 3.8) is 0 Å². The first-order valence-electron chi connectivity index (χ1n) is 7.61. The van der Waals surface area contributed by atoms with Crippen LogP contribution in [0.5, 0.6) is 0 Å². The first kappa shape index (κ1) is 18.3. The second-order valence-corrected chi connectivity index (χ2v) is 5.80. The second kappa shape index (κ2) is 7.79. The van der Waals surface area contributed by atoms with Crippen LogP contribution in [0.4, 0.5) is 11.4 Å². The van der Waals surface area contributed by atoms with Gasteiger partial charge in [-0.1, -0.05) is 28.9 Å². The third kappa shape index (κ3) is 4.36. The SMILES string of the molecule is O=C(COC(=O)Cn1nnc2ccccc21)Nc1ccc(Cl)cc1[N+](=O)[O-]. The molecule has 1 N–H and O–H groups in total. The highest BCUT2D eigenvalue weighted by molar-refractivity contribution is 6.31. The van der Waals surface area contributed by atoms with E-state index in [1.54, 1.807) is 24.3 Å². The number of nitrogens with zero attached hydrogens (tertiary/aromatic N) is 4. The van der Waals surface area contributed by atoms with Crippen molar-refractivity contribution in [2.75, 3.05) is 11.9 Å². The average Bonchev–Trinajstić information content (AvgIpc) is 3.04. The fourth-order valence-electron chi connectivity index (χ4n) is 2.30. The van der Waals surface area contributed by atoms with E-state index in [4.69, 9.17) is 16.3 Å². The highest BCUT2D eigenvalue weighted by atomic mass is 35.5. The summed E-state index contributed by atoms with van der Waals surface area (Å²) in [4.78, 5) is 34.2. The van der Waals surface area contributed by atoms with Gasteiger partial charge in [0, 0.05) is 11.1 Å². The third-order valence-corrected chi connectivity index (χ3v) is 3.73. The Morgan fingerprint density at radius 2 is 2.04 bits per heavy atom. The Hall–Kier alpha value is -3.53. The predicted molar refractivity (Wildman–Crippen MR) is 95.2 cm³/mol. The molecule has 0 spiro atoms. The number of aromatic nitrogens is 3. The Morgan fingerprint density at radius 1 is 1.26 bits per heavy atom. The first-order valence-corrected chi connectivity index (χ1v) is 7.99. The molecule has 0 aliphatic carbocycles. The van der Waals surface area contributed by atoms with Crippen molar-refractivity contribution in [2.45, 2.75) is 6.54 Å². The number of para-hydroxylation sites is 1. The van der Waals surface area contributed by atoms with E-state index in [2.05, 4.69) is 15.6 Å². The maximum absolute atomic E-state index is 11.9. The molecule has 11 heteroatoms. The molecule has 138 valence electrons. The Morgan fingerprint density at radius 3 is 2.81 bits per heavy atom. The predicted octanol–water partition coefficient (Wildman–Crippen LogP) is 2.17. The topological polar surface area (TPSA) is 129 Å². The van der Waals surface area contributed by atoms with E-state index in [1.807, 2.05) is 0 Å². The summed E-state index contributed by atoms with van der Waals surface area (Å²) in [6.07, 6.45) is 0. The zero-order valence-electron chi connectivity index (χ0n) is 13.7. The molecule has 2 aromatic carbocycles. The lowest BCUT2D eigenvalue weighted by Gasteiger charge is -2.07. The number of nitrogens with one attached hydrogen (secondary N) is 1. The normalized spacial score (nSPS) is 10.6. The van der Waals surface area contributed by atoms with Crippen LogP contribution in [0.1, 0.15) is 0 Å². The third-order valence-electron chi connectivity index (χ3n) is 3.49. The molecule has 0 aliphatic heterocycles. The van der Waals surface area contributed by atoms with Crippen LogP contribution in [0, 0.1) is 10.1 Å². The summed E-state index contributed by atoms with van der Waals surface area (Å²) in [7, 11) is 0. The fraction of sp³-hybridized carbons (Fsp3) is 0.125. The van der Waals surface area contributed by atoms with Crippen LogP contribution < -0.4 is 5.32 Å². The molecule has 0 unspecified atom stereocenters. The quantitative estimate of drug-likeness (QED) is 0.388. The fourth-order valence-corrected chi connectivity index (χ4v) is 2.46. The van der Waals surface area contributed by atoms with Gasteiger partial charge < -0.3 is 10.1 Å². The molecule has 0 atom stereocenters. The lowest BCUT2D eigenvalue weighted by Crippen LogP contribution is -2.23. The van der Waals surface area contributed by atoms with E-state index >= 15 is 0 Å². The summed E-state index contributed by atoms with van der Waals surface area (Å²) < 4.78 is 6.23. The van der Waals surface area contributed by atoms with Crippen molar-refractivity contribution < 1.29 is 19.2 Å². The summed E-state index contributed by atoms with van der Waals surface area (Å²) >= 11 is 5.71. The Bertz CT molecular complexity index is 1030. The van der Waals surface area contributed by atoms with E-state index in [0.29, 0.717) is 11.0 Å². The van der Waals surface area contributed by atoms with Gasteiger partial charge in [-0.15, -0.1) is 5.10 Å². The number of carbonyl (C=O) groups is 2. The van der Waals surface area contributed by atoms with Gasteiger partial charge in [-0.25, -0.2) is 4.68 Å². The largest absolute Gasteiger partial charge is 0.454 e. The van der Waals surface area contributed by atoms with Gasteiger partial charge in [0.2, 0.25) is 0 Å². The van der Waals surface area contributed by atoms with E-state index in [9.17, 15) is 19.7 Å². The molecular weight excluding hydrogens is 378 g/mol. The van der Waals surface area contributed by atoms with Crippen LogP contribution in [0.3, 0.4) is 0 Å². The minimum atomic E-state index is -0.725. The van der Waals surface area contributed by atoms with Gasteiger partial charge in [0.15, 0.2) is 6.61 Å². The van der Waals surface area contributed by atoms with E-state index < -0.39 is 23.4 Å². The van der Waals surface area contributed by atoms with Crippen LogP contribution in [0.15, 0.2) is 42.5 Å². The minimum Gasteiger partial charge on any atom is -0.454 e. The Kier molecular flexibility index (Phi) is 5.27. The number of fused-ring (bicyclic) bond motifs is 1. The monoisotopic (exact) mass is 389 g/mol. The molecule has 3 aromatic rings. The molecular formula is C16H12ClN5O5. The number of ether oxygens (including phenoxy) is 1. The number of anilines is 1. The number of hydrogen-bond acceptors (Lipinski definition) is 7. The lowest BCUT2D eigenvalue weighted by molar-refractivity contribution is -0.383. The lowest BCUT2D eigenvalue weighted by atomic mass is 10.2. The van der Waals surface area contributed by atoms with E-state index in [0.717, 1.165) is 6.07 Å². The number of halogens is 1. The molecule has 0 radical (unpaired) electrons. The molecule has 1 amide bonds. The van der Waals surface area contributed by atoms with E-state index in [-0.39, 0.29) is 22.9 Å². The smallest absolute Gasteiger partial charge is 0.328 e. The van der Waals surface area contributed by atoms with Crippen LogP contribution >= 0.6 is 11.6 Å². The van der Waals surface area contributed by atoms with Crippen molar-refractivity contribution in [3.8, 4) is 0 Å². The number of carbonyl (C=O) groups excluding carboxylic acids is 2. The molecule has 27 heavy (non-hydrogen) atoms. The summed E-state index contributed by atoms with van der Waals surface area (Å²) in [6, 6.07) is 10.9. The number of hydrogen-bond donors (Lipinski definition) is 1. The summed E-state index contributed by atoms with van der Waals surface area (Å²) in [5.74, 6) is -1.43. The highest BCUT2D eigenvalue weighted by Gasteiger charge is 2.17. The number of amides is 1. The van der Waals surface area contributed by atoms with Crippen molar-refractivity contribution in [1.29, 1.82) is 0 Å². The van der Waals surface area contributed by atoms with Crippen LogP contribution in [0.2, 0.25) is 5.02 Å².